The van der Waals surface area contributed by atoms with Gasteiger partial charge >= 0.3 is 0 Å². The van der Waals surface area contributed by atoms with Crippen LogP contribution >= 0.6 is 0 Å². The molecule has 0 bridgehead atoms. The lowest BCUT2D eigenvalue weighted by atomic mass is 9.87. The summed E-state index contributed by atoms with van der Waals surface area (Å²) in [5.41, 5.74) is 1.05. The van der Waals surface area contributed by atoms with Gasteiger partial charge in [-0.1, -0.05) is 46.8 Å². The largest absolute Gasteiger partial charge is 0.356 e. The highest BCUT2D eigenvalue weighted by molar-refractivity contribution is 7.89. The summed E-state index contributed by atoms with van der Waals surface area (Å²) in [7, 11) is -3.58. The predicted octanol–water partition coefficient (Wildman–Crippen LogP) is 2.81. The minimum atomic E-state index is -3.58. The topological polar surface area (TPSA) is 75.3 Å². The average Bonchev–Trinajstić information content (AvgIpc) is 2.46. The second kappa shape index (κ2) is 8.62. The minimum absolute atomic E-state index is 0.0240. The van der Waals surface area contributed by atoms with E-state index in [9.17, 15) is 13.2 Å². The molecule has 0 radical (unpaired) electrons. The van der Waals surface area contributed by atoms with Crippen LogP contribution in [0.2, 0.25) is 0 Å². The predicted molar refractivity (Wildman–Crippen MR) is 97.4 cm³/mol. The first kappa shape index (κ1) is 20.6. The Labute approximate surface area is 146 Å². The Balaban J connectivity index is 2.51. The van der Waals surface area contributed by atoms with Crippen molar-refractivity contribution in [1.82, 2.24) is 10.0 Å². The number of nitrogens with one attached hydrogen (secondary N) is 2. The number of amides is 1. The zero-order valence-corrected chi connectivity index (χ0v) is 16.2. The Kier molecular flexibility index (Phi) is 7.42. The molecule has 2 N–H and O–H groups in total. The molecule has 0 spiro atoms. The van der Waals surface area contributed by atoms with Crippen molar-refractivity contribution in [2.24, 2.45) is 5.92 Å². The molecule has 0 saturated carbocycles. The van der Waals surface area contributed by atoms with Crippen molar-refractivity contribution < 1.29 is 13.2 Å². The lowest BCUT2D eigenvalue weighted by molar-refractivity contribution is -0.120. The van der Waals surface area contributed by atoms with E-state index in [4.69, 9.17) is 0 Å². The van der Waals surface area contributed by atoms with E-state index in [1.807, 2.05) is 12.1 Å². The van der Waals surface area contributed by atoms with Gasteiger partial charge in [0.05, 0.1) is 4.90 Å². The number of carbonyl (C=O) groups is 1. The first-order valence-electron chi connectivity index (χ1n) is 8.39. The van der Waals surface area contributed by atoms with E-state index in [0.717, 1.165) is 12.0 Å². The molecule has 24 heavy (non-hydrogen) atoms. The summed E-state index contributed by atoms with van der Waals surface area (Å²) in [6.07, 6.45) is 1.05. The van der Waals surface area contributed by atoms with Crippen LogP contribution in [-0.2, 0) is 20.2 Å². The van der Waals surface area contributed by atoms with Gasteiger partial charge in [-0.05, 0) is 35.4 Å². The second-order valence-corrected chi connectivity index (χ2v) is 9.22. The van der Waals surface area contributed by atoms with Gasteiger partial charge in [0.25, 0.3) is 0 Å². The number of sulfonamides is 1. The molecule has 136 valence electrons. The maximum absolute atomic E-state index is 12.2. The van der Waals surface area contributed by atoms with Crippen LogP contribution in [0.3, 0.4) is 0 Å². The van der Waals surface area contributed by atoms with Gasteiger partial charge in [-0.25, -0.2) is 13.1 Å². The van der Waals surface area contributed by atoms with E-state index in [1.165, 1.54) is 0 Å². The van der Waals surface area contributed by atoms with Gasteiger partial charge in [-0.3, -0.25) is 4.79 Å². The van der Waals surface area contributed by atoms with Gasteiger partial charge in [0, 0.05) is 19.5 Å². The summed E-state index contributed by atoms with van der Waals surface area (Å²) in [5, 5.41) is 2.79. The highest BCUT2D eigenvalue weighted by Crippen LogP contribution is 2.23. The fraction of sp³-hybridized carbons (Fsp3) is 0.611. The van der Waals surface area contributed by atoms with Crippen molar-refractivity contribution >= 4 is 15.9 Å². The minimum Gasteiger partial charge on any atom is -0.356 e. The van der Waals surface area contributed by atoms with E-state index in [1.54, 1.807) is 12.1 Å². The molecule has 1 aromatic rings. The summed E-state index contributed by atoms with van der Waals surface area (Å²) in [6, 6.07) is 6.86. The average molecular weight is 355 g/mol. The summed E-state index contributed by atoms with van der Waals surface area (Å²) in [5.74, 6) is 0.390. The van der Waals surface area contributed by atoms with E-state index < -0.39 is 10.0 Å². The normalized spacial score (nSPS) is 12.4. The lowest BCUT2D eigenvalue weighted by Gasteiger charge is -2.19. The summed E-state index contributed by atoms with van der Waals surface area (Å²) in [6.45, 7) is 11.1. The fourth-order valence-electron chi connectivity index (χ4n) is 2.10. The van der Waals surface area contributed by atoms with Crippen LogP contribution in [0.25, 0.3) is 0 Å². The molecule has 0 aromatic heterocycles. The van der Waals surface area contributed by atoms with E-state index >= 15 is 0 Å². The third kappa shape index (κ3) is 7.01. The van der Waals surface area contributed by atoms with Crippen LogP contribution < -0.4 is 10.0 Å². The molecule has 0 unspecified atom stereocenters. The molecule has 1 rings (SSSR count). The molecular weight excluding hydrogens is 324 g/mol. The van der Waals surface area contributed by atoms with Crippen LogP contribution in [0.1, 0.15) is 53.0 Å². The third-order valence-corrected chi connectivity index (χ3v) is 5.20. The molecule has 0 aliphatic carbocycles. The van der Waals surface area contributed by atoms with Crippen molar-refractivity contribution in [3.05, 3.63) is 29.8 Å². The Morgan fingerprint density at radius 1 is 1.08 bits per heavy atom. The van der Waals surface area contributed by atoms with Gasteiger partial charge in [0.1, 0.15) is 0 Å². The van der Waals surface area contributed by atoms with Crippen molar-refractivity contribution in [1.29, 1.82) is 0 Å². The molecule has 6 heteroatoms. The molecule has 0 fully saturated rings. The SMILES string of the molecule is CC(C)CCNC(=O)CCNS(=O)(=O)c1ccc(C(C)(C)C)cc1. The molecule has 0 heterocycles. The summed E-state index contributed by atoms with van der Waals surface area (Å²) in [4.78, 5) is 11.9. The van der Waals surface area contributed by atoms with Crippen LogP contribution in [0.15, 0.2) is 29.2 Å². The van der Waals surface area contributed by atoms with Gasteiger partial charge in [-0.2, -0.15) is 0 Å². The van der Waals surface area contributed by atoms with E-state index in [-0.39, 0.29) is 29.2 Å². The summed E-state index contributed by atoms with van der Waals surface area (Å²) < 4.78 is 26.9. The maximum Gasteiger partial charge on any atom is 0.240 e. The molecule has 1 aromatic carbocycles. The van der Waals surface area contributed by atoms with E-state index in [0.29, 0.717) is 12.5 Å². The number of carbonyl (C=O) groups excluding carboxylic acids is 1. The quantitative estimate of drug-likeness (QED) is 0.754. The standard InChI is InChI=1S/C18H30N2O3S/c1-14(2)10-12-19-17(21)11-13-20-24(22,23)16-8-6-15(7-9-16)18(3,4)5/h6-9,14,20H,10-13H2,1-5H3,(H,19,21). The Morgan fingerprint density at radius 3 is 2.17 bits per heavy atom. The molecule has 0 aliphatic heterocycles. The first-order chi connectivity index (χ1) is 11.0. The van der Waals surface area contributed by atoms with Crippen molar-refractivity contribution in [2.45, 2.75) is 57.8 Å². The zero-order valence-electron chi connectivity index (χ0n) is 15.3. The zero-order chi connectivity index (χ0) is 18.4. The highest BCUT2D eigenvalue weighted by Gasteiger charge is 2.17. The number of hydrogen-bond acceptors (Lipinski definition) is 3. The van der Waals surface area contributed by atoms with Gasteiger partial charge in [-0.15, -0.1) is 0 Å². The second-order valence-electron chi connectivity index (χ2n) is 7.45. The number of benzene rings is 1. The van der Waals surface area contributed by atoms with Crippen molar-refractivity contribution in [2.75, 3.05) is 13.1 Å². The van der Waals surface area contributed by atoms with Crippen LogP contribution in [0.4, 0.5) is 0 Å². The summed E-state index contributed by atoms with van der Waals surface area (Å²) >= 11 is 0. The number of hydrogen-bond donors (Lipinski definition) is 2. The van der Waals surface area contributed by atoms with Crippen LogP contribution in [0, 0.1) is 5.92 Å². The Morgan fingerprint density at radius 2 is 1.67 bits per heavy atom. The van der Waals surface area contributed by atoms with Gasteiger partial charge < -0.3 is 5.32 Å². The first-order valence-corrected chi connectivity index (χ1v) is 9.87. The van der Waals surface area contributed by atoms with Crippen LogP contribution in [-0.4, -0.2) is 27.4 Å². The fourth-order valence-corrected chi connectivity index (χ4v) is 3.14. The number of rotatable bonds is 8. The monoisotopic (exact) mass is 354 g/mol. The van der Waals surface area contributed by atoms with E-state index in [2.05, 4.69) is 44.7 Å². The third-order valence-electron chi connectivity index (χ3n) is 3.72. The van der Waals surface area contributed by atoms with Gasteiger partial charge in [0.2, 0.25) is 15.9 Å². The maximum atomic E-state index is 12.2. The molecule has 1 amide bonds. The molecular formula is C18H30N2O3S. The van der Waals surface area contributed by atoms with Crippen molar-refractivity contribution in [3.63, 3.8) is 0 Å². The highest BCUT2D eigenvalue weighted by atomic mass is 32.2. The van der Waals surface area contributed by atoms with Gasteiger partial charge in [0.15, 0.2) is 0 Å². The molecule has 0 atom stereocenters. The molecule has 0 aliphatic rings. The van der Waals surface area contributed by atoms with Crippen molar-refractivity contribution in [3.8, 4) is 0 Å². The molecule has 0 saturated heterocycles. The Bertz CT molecular complexity index is 629. The smallest absolute Gasteiger partial charge is 0.240 e. The lowest BCUT2D eigenvalue weighted by Crippen LogP contribution is -2.31. The Hall–Kier alpha value is -1.40. The molecule has 5 nitrogen and oxygen atoms in total. The van der Waals surface area contributed by atoms with Crippen LogP contribution in [0.5, 0.6) is 0 Å².